The normalized spacial score (nSPS) is 18.6. The fourth-order valence-electron chi connectivity index (χ4n) is 4.59. The number of methoxy groups -OCH3 is 1. The first-order valence-corrected chi connectivity index (χ1v) is 11.6. The van der Waals surface area contributed by atoms with E-state index < -0.39 is 23.7 Å². The van der Waals surface area contributed by atoms with Gasteiger partial charge in [-0.25, -0.2) is 9.59 Å². The first kappa shape index (κ1) is 23.4. The van der Waals surface area contributed by atoms with Crippen molar-refractivity contribution >= 4 is 12.1 Å². The van der Waals surface area contributed by atoms with Gasteiger partial charge in [0.1, 0.15) is 17.4 Å². The summed E-state index contributed by atoms with van der Waals surface area (Å²) in [7, 11) is 1.33. The highest BCUT2D eigenvalue weighted by atomic mass is 16.6. The van der Waals surface area contributed by atoms with Gasteiger partial charge in [-0.05, 0) is 82.4 Å². The van der Waals surface area contributed by atoms with E-state index in [1.54, 1.807) is 20.8 Å². The van der Waals surface area contributed by atoms with E-state index in [4.69, 9.17) is 14.2 Å². The van der Waals surface area contributed by atoms with E-state index in [0.29, 0.717) is 18.4 Å². The number of carbonyl (C=O) groups is 2. The van der Waals surface area contributed by atoms with E-state index in [1.807, 2.05) is 12.1 Å². The van der Waals surface area contributed by atoms with Gasteiger partial charge < -0.3 is 19.5 Å². The Morgan fingerprint density at radius 2 is 1.71 bits per heavy atom. The molecule has 0 spiro atoms. The largest absolute Gasteiger partial charge is 0.490 e. The van der Waals surface area contributed by atoms with Crippen LogP contribution in [0, 0.1) is 0 Å². The molecule has 31 heavy (non-hydrogen) atoms. The average Bonchev–Trinajstić information content (AvgIpc) is 3.40. The maximum Gasteiger partial charge on any atom is 0.408 e. The second kappa shape index (κ2) is 10.4. The van der Waals surface area contributed by atoms with Crippen LogP contribution in [0.15, 0.2) is 18.2 Å². The molecule has 1 atom stereocenters. The van der Waals surface area contributed by atoms with E-state index in [9.17, 15) is 9.59 Å². The van der Waals surface area contributed by atoms with Gasteiger partial charge in [0.2, 0.25) is 0 Å². The second-order valence-corrected chi connectivity index (χ2v) is 9.80. The predicted octanol–water partition coefficient (Wildman–Crippen LogP) is 5.27. The number of hydrogen-bond acceptors (Lipinski definition) is 5. The lowest BCUT2D eigenvalue weighted by molar-refractivity contribution is -0.143. The number of benzene rings is 1. The third-order valence-electron chi connectivity index (χ3n) is 6.08. The summed E-state index contributed by atoms with van der Waals surface area (Å²) in [6, 6.07) is 5.39. The van der Waals surface area contributed by atoms with Gasteiger partial charge in [-0.1, -0.05) is 25.0 Å². The fraction of sp³-hybridized carbons (Fsp3) is 0.680. The molecule has 0 heterocycles. The Balaban J connectivity index is 1.77. The van der Waals surface area contributed by atoms with Crippen molar-refractivity contribution in [3.8, 4) is 5.75 Å². The minimum atomic E-state index is -0.808. The number of carbonyl (C=O) groups excluding carboxylic acids is 2. The van der Waals surface area contributed by atoms with Crippen molar-refractivity contribution < 1.29 is 23.8 Å². The summed E-state index contributed by atoms with van der Waals surface area (Å²) in [5, 5.41) is 2.67. The zero-order valence-electron chi connectivity index (χ0n) is 19.4. The van der Waals surface area contributed by atoms with Crippen LogP contribution in [0.4, 0.5) is 4.79 Å². The monoisotopic (exact) mass is 431 g/mol. The smallest absolute Gasteiger partial charge is 0.408 e. The Morgan fingerprint density at radius 3 is 2.32 bits per heavy atom. The molecule has 0 saturated heterocycles. The molecule has 2 saturated carbocycles. The molecule has 172 valence electrons. The summed E-state index contributed by atoms with van der Waals surface area (Å²) in [5.74, 6) is 0.989. The molecule has 1 aromatic rings. The molecule has 2 aliphatic rings. The standard InChI is InChI=1S/C25H37NO5/c1-25(2,3)31-24(28)26-21(23(27)29-4)16-17-13-14-22(30-19-11-7-8-12-19)20(15-17)18-9-5-6-10-18/h13-15,18-19,21H,5-12,16H2,1-4H3,(H,26,28)/t21-/m0/s1. The lowest BCUT2D eigenvalue weighted by atomic mass is 9.93. The summed E-state index contributed by atoms with van der Waals surface area (Å²) >= 11 is 0. The minimum Gasteiger partial charge on any atom is -0.490 e. The van der Waals surface area contributed by atoms with Gasteiger partial charge in [0.05, 0.1) is 13.2 Å². The van der Waals surface area contributed by atoms with Crippen molar-refractivity contribution in [3.63, 3.8) is 0 Å². The molecule has 3 rings (SSSR count). The maximum absolute atomic E-state index is 12.3. The van der Waals surface area contributed by atoms with Crippen LogP contribution in [-0.2, 0) is 20.7 Å². The van der Waals surface area contributed by atoms with Gasteiger partial charge in [0, 0.05) is 6.42 Å². The molecule has 1 amide bonds. The topological polar surface area (TPSA) is 73.9 Å². The van der Waals surface area contributed by atoms with Gasteiger partial charge >= 0.3 is 12.1 Å². The number of ether oxygens (including phenoxy) is 3. The van der Waals surface area contributed by atoms with Crippen LogP contribution in [0.2, 0.25) is 0 Å². The van der Waals surface area contributed by atoms with Crippen LogP contribution in [0.1, 0.15) is 89.2 Å². The number of alkyl carbamates (subject to hydrolysis) is 1. The van der Waals surface area contributed by atoms with Gasteiger partial charge in [-0.3, -0.25) is 0 Å². The average molecular weight is 432 g/mol. The van der Waals surface area contributed by atoms with Crippen molar-refractivity contribution in [1.29, 1.82) is 0 Å². The molecule has 0 aromatic heterocycles. The maximum atomic E-state index is 12.3. The number of rotatable bonds is 7. The molecule has 6 nitrogen and oxygen atoms in total. The summed E-state index contributed by atoms with van der Waals surface area (Å²) < 4.78 is 16.6. The zero-order chi connectivity index (χ0) is 22.4. The molecule has 0 radical (unpaired) electrons. The Kier molecular flexibility index (Phi) is 7.84. The Bertz CT molecular complexity index is 758. The number of hydrogen-bond donors (Lipinski definition) is 1. The number of nitrogens with one attached hydrogen (secondary N) is 1. The summed E-state index contributed by atoms with van der Waals surface area (Å²) in [6.07, 6.45) is 9.55. The minimum absolute atomic E-state index is 0.308. The molecule has 2 aliphatic carbocycles. The number of esters is 1. The molecule has 0 bridgehead atoms. The van der Waals surface area contributed by atoms with Crippen LogP contribution >= 0.6 is 0 Å². The molecule has 1 aromatic carbocycles. The Morgan fingerprint density at radius 1 is 1.06 bits per heavy atom. The number of amides is 1. The molecule has 1 N–H and O–H groups in total. The van der Waals surface area contributed by atoms with Crippen molar-refractivity contribution in [3.05, 3.63) is 29.3 Å². The van der Waals surface area contributed by atoms with Crippen LogP contribution in [0.25, 0.3) is 0 Å². The van der Waals surface area contributed by atoms with Crippen molar-refractivity contribution in [2.75, 3.05) is 7.11 Å². The molecule has 6 heteroatoms. The highest BCUT2D eigenvalue weighted by molar-refractivity contribution is 5.81. The Hall–Kier alpha value is -2.24. The molecule has 0 aliphatic heterocycles. The second-order valence-electron chi connectivity index (χ2n) is 9.80. The third kappa shape index (κ3) is 6.88. The summed E-state index contributed by atoms with van der Waals surface area (Å²) in [4.78, 5) is 24.6. The summed E-state index contributed by atoms with van der Waals surface area (Å²) in [5.41, 5.74) is 1.58. The first-order chi connectivity index (χ1) is 14.7. The van der Waals surface area contributed by atoms with Gasteiger partial charge in [0.25, 0.3) is 0 Å². The fourth-order valence-corrected chi connectivity index (χ4v) is 4.59. The SMILES string of the molecule is COC(=O)[C@H](Cc1ccc(OC2CCCC2)c(C2CCCC2)c1)NC(=O)OC(C)(C)C. The van der Waals surface area contributed by atoms with Crippen molar-refractivity contribution in [1.82, 2.24) is 5.32 Å². The highest BCUT2D eigenvalue weighted by Gasteiger charge is 2.28. The first-order valence-electron chi connectivity index (χ1n) is 11.6. The zero-order valence-corrected chi connectivity index (χ0v) is 19.4. The lowest BCUT2D eigenvalue weighted by Crippen LogP contribution is -2.45. The molecule has 0 unspecified atom stereocenters. The van der Waals surface area contributed by atoms with Crippen LogP contribution < -0.4 is 10.1 Å². The lowest BCUT2D eigenvalue weighted by Gasteiger charge is -2.24. The van der Waals surface area contributed by atoms with E-state index in [1.165, 1.54) is 51.2 Å². The third-order valence-corrected chi connectivity index (χ3v) is 6.08. The van der Waals surface area contributed by atoms with Crippen LogP contribution in [0.5, 0.6) is 5.75 Å². The molecular formula is C25H37NO5. The van der Waals surface area contributed by atoms with Gasteiger partial charge in [-0.15, -0.1) is 0 Å². The van der Waals surface area contributed by atoms with E-state index >= 15 is 0 Å². The van der Waals surface area contributed by atoms with Crippen molar-refractivity contribution in [2.24, 2.45) is 0 Å². The Labute approximate surface area is 186 Å². The van der Waals surface area contributed by atoms with Crippen LogP contribution in [-0.4, -0.2) is 36.9 Å². The molecule has 2 fully saturated rings. The molecular weight excluding hydrogens is 394 g/mol. The van der Waals surface area contributed by atoms with Crippen LogP contribution in [0.3, 0.4) is 0 Å². The van der Waals surface area contributed by atoms with Gasteiger partial charge in [-0.2, -0.15) is 0 Å². The quantitative estimate of drug-likeness (QED) is 0.595. The van der Waals surface area contributed by atoms with Crippen molar-refractivity contribution in [2.45, 2.75) is 102 Å². The summed E-state index contributed by atoms with van der Waals surface area (Å²) in [6.45, 7) is 5.37. The van der Waals surface area contributed by atoms with E-state index in [-0.39, 0.29) is 0 Å². The van der Waals surface area contributed by atoms with E-state index in [0.717, 1.165) is 24.2 Å². The van der Waals surface area contributed by atoms with E-state index in [2.05, 4.69) is 11.4 Å². The van der Waals surface area contributed by atoms with Gasteiger partial charge in [0.15, 0.2) is 0 Å². The highest BCUT2D eigenvalue weighted by Crippen LogP contribution is 2.40. The predicted molar refractivity (Wildman–Crippen MR) is 119 cm³/mol.